The first-order chi connectivity index (χ1) is 9.06. The van der Waals surface area contributed by atoms with Crippen molar-refractivity contribution in [3.63, 3.8) is 0 Å². The molecule has 0 saturated carbocycles. The van der Waals surface area contributed by atoms with E-state index >= 15 is 0 Å². The Hall–Kier alpha value is -2.20. The number of hydrogen-bond donors (Lipinski definition) is 1. The average molecular weight is 279 g/mol. The van der Waals surface area contributed by atoms with Gasteiger partial charge in [0.1, 0.15) is 5.75 Å². The zero-order valence-corrected chi connectivity index (χ0v) is 10.9. The van der Waals surface area contributed by atoms with Crippen LogP contribution in [0.2, 0.25) is 5.02 Å². The Balaban J connectivity index is 2.74. The van der Waals surface area contributed by atoms with Gasteiger partial charge >= 0.3 is 5.97 Å². The largest absolute Gasteiger partial charge is 0.507 e. The molecule has 0 radical (unpaired) electrons. The van der Waals surface area contributed by atoms with E-state index < -0.39 is 5.97 Å². The Labute approximate surface area is 114 Å². The molecule has 0 fully saturated rings. The summed E-state index contributed by atoms with van der Waals surface area (Å²) in [4.78, 5) is 11.4. The van der Waals surface area contributed by atoms with Gasteiger partial charge < -0.3 is 14.6 Å². The van der Waals surface area contributed by atoms with Crippen LogP contribution >= 0.6 is 11.6 Å². The molecule has 0 aliphatic carbocycles. The summed E-state index contributed by atoms with van der Waals surface area (Å²) in [5.74, 6) is -0.146. The number of aromatic hydroxyl groups is 1. The predicted molar refractivity (Wildman–Crippen MR) is 73.0 cm³/mol. The third-order valence-corrected chi connectivity index (χ3v) is 2.82. The fourth-order valence-corrected chi connectivity index (χ4v) is 1.90. The van der Waals surface area contributed by atoms with Gasteiger partial charge in [0.05, 0.1) is 7.11 Å². The Morgan fingerprint density at radius 2 is 2.11 bits per heavy atom. The van der Waals surface area contributed by atoms with Gasteiger partial charge in [-0.25, -0.2) is 4.79 Å². The lowest BCUT2D eigenvalue weighted by atomic mass is 10.1. The van der Waals surface area contributed by atoms with Crippen LogP contribution in [0.1, 0.15) is 0 Å². The molecule has 2 rings (SSSR count). The third-order valence-electron chi connectivity index (χ3n) is 2.58. The number of phenolic OH excluding ortho intramolecular Hbond substituents is 1. The van der Waals surface area contributed by atoms with Crippen LogP contribution in [-0.4, -0.2) is 18.2 Å². The van der Waals surface area contributed by atoms with E-state index in [0.717, 1.165) is 6.08 Å². The van der Waals surface area contributed by atoms with Crippen molar-refractivity contribution >= 4 is 28.3 Å². The first-order valence-corrected chi connectivity index (χ1v) is 5.78. The van der Waals surface area contributed by atoms with Gasteiger partial charge in [0.15, 0.2) is 11.5 Å². The highest BCUT2D eigenvalue weighted by Gasteiger charge is 2.16. The van der Waals surface area contributed by atoms with Crippen LogP contribution in [0.3, 0.4) is 0 Å². The van der Waals surface area contributed by atoms with Crippen molar-refractivity contribution in [3.8, 4) is 17.2 Å². The Morgan fingerprint density at radius 1 is 1.37 bits per heavy atom. The van der Waals surface area contributed by atoms with E-state index in [1.54, 1.807) is 18.2 Å². The van der Waals surface area contributed by atoms with Gasteiger partial charge in [-0.1, -0.05) is 18.2 Å². The lowest BCUT2D eigenvalue weighted by Crippen LogP contribution is -2.05. The number of ether oxygens (including phenoxy) is 2. The number of phenols is 1. The molecule has 0 bridgehead atoms. The minimum Gasteiger partial charge on any atom is -0.507 e. The van der Waals surface area contributed by atoms with Crippen molar-refractivity contribution in [2.75, 3.05) is 7.11 Å². The summed E-state index contributed by atoms with van der Waals surface area (Å²) < 4.78 is 10.3. The molecule has 0 unspecified atom stereocenters. The second-order valence-electron chi connectivity index (χ2n) is 3.74. The van der Waals surface area contributed by atoms with E-state index in [9.17, 15) is 9.90 Å². The maximum absolute atomic E-state index is 11.4. The summed E-state index contributed by atoms with van der Waals surface area (Å²) in [6, 6.07) is 6.22. The van der Waals surface area contributed by atoms with Gasteiger partial charge in [-0.15, -0.1) is 0 Å². The normalized spacial score (nSPS) is 10.2. The molecule has 0 aliphatic rings. The molecule has 4 nitrogen and oxygen atoms in total. The molecule has 1 N–H and O–H groups in total. The average Bonchev–Trinajstić information content (AvgIpc) is 2.41. The second kappa shape index (κ2) is 5.20. The van der Waals surface area contributed by atoms with Crippen molar-refractivity contribution in [1.29, 1.82) is 0 Å². The number of fused-ring (bicyclic) bond motifs is 1. The van der Waals surface area contributed by atoms with Crippen molar-refractivity contribution in [2.24, 2.45) is 0 Å². The predicted octanol–water partition coefficient (Wildman–Crippen LogP) is 3.30. The minimum absolute atomic E-state index is 0.00671. The van der Waals surface area contributed by atoms with E-state index in [1.165, 1.54) is 13.2 Å². The van der Waals surface area contributed by atoms with Gasteiger partial charge in [-0.05, 0) is 18.2 Å². The first-order valence-electron chi connectivity index (χ1n) is 5.40. The lowest BCUT2D eigenvalue weighted by molar-refractivity contribution is -0.128. The molecule has 0 amide bonds. The highest BCUT2D eigenvalue weighted by atomic mass is 35.5. The molecule has 2 aromatic rings. The standard InChI is InChI=1S/C14H11ClO4/c1-3-13(17)19-14-9-5-4-8(15)6-10(9)11(16)7-12(14)18-2/h3-7,16H,1H2,2H3. The molecule has 0 aromatic heterocycles. The molecule has 0 atom stereocenters. The number of benzene rings is 2. The molecule has 98 valence electrons. The zero-order chi connectivity index (χ0) is 14.0. The number of methoxy groups -OCH3 is 1. The number of halogens is 1. The van der Waals surface area contributed by atoms with Crippen LogP contribution in [0.25, 0.3) is 10.8 Å². The molecule has 5 heteroatoms. The summed E-state index contributed by atoms with van der Waals surface area (Å²) in [6.45, 7) is 3.34. The van der Waals surface area contributed by atoms with E-state index in [0.29, 0.717) is 15.8 Å². The minimum atomic E-state index is -0.611. The molecule has 0 heterocycles. The summed E-state index contributed by atoms with van der Waals surface area (Å²) in [5, 5.41) is 11.4. The summed E-state index contributed by atoms with van der Waals surface area (Å²) in [7, 11) is 1.42. The number of carbonyl (C=O) groups excluding carboxylic acids is 1. The number of rotatable bonds is 3. The smallest absolute Gasteiger partial charge is 0.335 e. The zero-order valence-electron chi connectivity index (χ0n) is 10.1. The highest BCUT2D eigenvalue weighted by Crippen LogP contribution is 2.41. The SMILES string of the molecule is C=CC(=O)Oc1c(OC)cc(O)c2cc(Cl)ccc12. The van der Waals surface area contributed by atoms with Crippen LogP contribution in [0.15, 0.2) is 36.9 Å². The highest BCUT2D eigenvalue weighted by molar-refractivity contribution is 6.31. The second-order valence-corrected chi connectivity index (χ2v) is 4.18. The molecular weight excluding hydrogens is 268 g/mol. The fraction of sp³-hybridized carbons (Fsp3) is 0.0714. The Kier molecular flexibility index (Phi) is 3.62. The molecule has 19 heavy (non-hydrogen) atoms. The van der Waals surface area contributed by atoms with E-state index in [-0.39, 0.29) is 17.2 Å². The fourth-order valence-electron chi connectivity index (χ4n) is 1.73. The van der Waals surface area contributed by atoms with Gasteiger partial charge in [0, 0.05) is 27.9 Å². The van der Waals surface area contributed by atoms with Crippen LogP contribution in [0.4, 0.5) is 0 Å². The van der Waals surface area contributed by atoms with Crippen molar-refractivity contribution < 1.29 is 19.4 Å². The quantitative estimate of drug-likeness (QED) is 0.532. The van der Waals surface area contributed by atoms with Crippen LogP contribution < -0.4 is 9.47 Å². The topological polar surface area (TPSA) is 55.8 Å². The van der Waals surface area contributed by atoms with Crippen LogP contribution in [-0.2, 0) is 4.79 Å². The molecule has 0 spiro atoms. The molecular formula is C14H11ClO4. The number of esters is 1. The molecule has 0 aliphatic heterocycles. The molecule has 2 aromatic carbocycles. The van der Waals surface area contributed by atoms with Crippen molar-refractivity contribution in [2.45, 2.75) is 0 Å². The van der Waals surface area contributed by atoms with Gasteiger partial charge in [-0.3, -0.25) is 0 Å². The first kappa shape index (κ1) is 13.2. The number of hydrogen-bond acceptors (Lipinski definition) is 4. The van der Waals surface area contributed by atoms with Crippen molar-refractivity contribution in [3.05, 3.63) is 41.9 Å². The Bertz CT molecular complexity index is 664. The lowest BCUT2D eigenvalue weighted by Gasteiger charge is -2.12. The maximum Gasteiger partial charge on any atom is 0.335 e. The maximum atomic E-state index is 11.4. The summed E-state index contributed by atoms with van der Waals surface area (Å²) in [5.41, 5.74) is 0. The summed E-state index contributed by atoms with van der Waals surface area (Å²) >= 11 is 5.88. The van der Waals surface area contributed by atoms with Crippen LogP contribution in [0, 0.1) is 0 Å². The third kappa shape index (κ3) is 2.48. The van der Waals surface area contributed by atoms with Gasteiger partial charge in [0.25, 0.3) is 0 Å². The van der Waals surface area contributed by atoms with Gasteiger partial charge in [0.2, 0.25) is 0 Å². The summed E-state index contributed by atoms with van der Waals surface area (Å²) in [6.07, 6.45) is 1.05. The van der Waals surface area contributed by atoms with Crippen molar-refractivity contribution in [1.82, 2.24) is 0 Å². The Morgan fingerprint density at radius 3 is 2.74 bits per heavy atom. The van der Waals surface area contributed by atoms with Crippen LogP contribution in [0.5, 0.6) is 17.2 Å². The van der Waals surface area contributed by atoms with E-state index in [2.05, 4.69) is 6.58 Å². The monoisotopic (exact) mass is 278 g/mol. The number of carbonyl (C=O) groups is 1. The van der Waals surface area contributed by atoms with E-state index in [4.69, 9.17) is 21.1 Å². The molecule has 0 saturated heterocycles. The van der Waals surface area contributed by atoms with E-state index in [1.807, 2.05) is 0 Å². The van der Waals surface area contributed by atoms with Gasteiger partial charge in [-0.2, -0.15) is 0 Å².